The summed E-state index contributed by atoms with van der Waals surface area (Å²) in [5, 5.41) is 6.09. The second-order valence-electron chi connectivity index (χ2n) is 7.67. The van der Waals surface area contributed by atoms with Gasteiger partial charge in [-0.15, -0.1) is 0 Å². The first-order chi connectivity index (χ1) is 14.0. The molecule has 0 saturated carbocycles. The van der Waals surface area contributed by atoms with Gasteiger partial charge in [-0.1, -0.05) is 46.3 Å². The van der Waals surface area contributed by atoms with Crippen molar-refractivity contribution < 1.29 is 4.52 Å². The first kappa shape index (κ1) is 20.0. The minimum Gasteiger partial charge on any atom is -0.337 e. The molecule has 29 heavy (non-hydrogen) atoms. The maximum Gasteiger partial charge on any atom is 0.307 e. The summed E-state index contributed by atoms with van der Waals surface area (Å²) in [7, 11) is 0. The van der Waals surface area contributed by atoms with Gasteiger partial charge in [-0.3, -0.25) is 14.6 Å². The van der Waals surface area contributed by atoms with E-state index in [1.54, 1.807) is 0 Å². The molecule has 0 spiro atoms. The Balaban J connectivity index is 1.31. The number of benzene rings is 1. The predicted molar refractivity (Wildman–Crippen MR) is 114 cm³/mol. The lowest BCUT2D eigenvalue weighted by Crippen LogP contribution is -2.48. The van der Waals surface area contributed by atoms with Gasteiger partial charge in [0.05, 0.1) is 6.04 Å². The third kappa shape index (κ3) is 4.49. The molecule has 0 amide bonds. The lowest BCUT2D eigenvalue weighted by Gasteiger charge is -2.36. The van der Waals surface area contributed by atoms with E-state index in [-0.39, 0.29) is 10.9 Å². The molecule has 0 bridgehead atoms. The van der Waals surface area contributed by atoms with Crippen LogP contribution in [0.5, 0.6) is 0 Å². The van der Waals surface area contributed by atoms with Crippen LogP contribution >= 0.6 is 11.3 Å². The molecule has 1 atom stereocenters. The van der Waals surface area contributed by atoms with Gasteiger partial charge in [0.2, 0.25) is 11.7 Å². The van der Waals surface area contributed by atoms with Crippen molar-refractivity contribution in [2.45, 2.75) is 33.4 Å². The molecule has 0 aliphatic carbocycles. The Morgan fingerprint density at radius 2 is 1.83 bits per heavy atom. The summed E-state index contributed by atoms with van der Waals surface area (Å²) in [5.41, 5.74) is 3.23. The third-order valence-corrected chi connectivity index (χ3v) is 6.56. The van der Waals surface area contributed by atoms with Crippen LogP contribution in [0.4, 0.5) is 0 Å². The van der Waals surface area contributed by atoms with Crippen LogP contribution < -0.4 is 4.87 Å². The lowest BCUT2D eigenvalue weighted by molar-refractivity contribution is 0.0863. The highest BCUT2D eigenvalue weighted by atomic mass is 32.1. The molecule has 1 aromatic carbocycles. The second kappa shape index (κ2) is 8.61. The maximum absolute atomic E-state index is 11.9. The van der Waals surface area contributed by atoms with Crippen molar-refractivity contribution in [3.8, 4) is 11.4 Å². The van der Waals surface area contributed by atoms with E-state index in [9.17, 15) is 4.79 Å². The SMILES string of the molecule is Cc1ccc(-c2noc(C(C)N3CCN(CCn4c(C)csc4=O)CC3)n2)cc1. The average Bonchev–Trinajstić information content (AvgIpc) is 3.34. The molecular weight excluding hydrogens is 386 g/mol. The molecule has 1 fully saturated rings. The van der Waals surface area contributed by atoms with Gasteiger partial charge in [0.1, 0.15) is 0 Å². The Labute approximate surface area is 174 Å². The van der Waals surface area contributed by atoms with Crippen molar-refractivity contribution in [3.05, 3.63) is 56.5 Å². The monoisotopic (exact) mass is 413 g/mol. The van der Waals surface area contributed by atoms with Crippen LogP contribution in [0.1, 0.15) is 30.1 Å². The number of hydrogen-bond donors (Lipinski definition) is 0. The largest absolute Gasteiger partial charge is 0.337 e. The number of nitrogens with zero attached hydrogens (tertiary/aromatic N) is 5. The molecule has 0 radical (unpaired) electrons. The summed E-state index contributed by atoms with van der Waals surface area (Å²) < 4.78 is 7.43. The van der Waals surface area contributed by atoms with Crippen LogP contribution in [-0.2, 0) is 6.54 Å². The number of thiazole rings is 1. The van der Waals surface area contributed by atoms with Gasteiger partial charge in [-0.25, -0.2) is 0 Å². The standard InChI is InChI=1S/C21H27N5O2S/c1-15-4-6-18(7-5-15)19-22-20(28-23-19)17(3)25-11-8-24(9-12-25)10-13-26-16(2)14-29-21(26)27/h4-7,14,17H,8-13H2,1-3H3. The van der Waals surface area contributed by atoms with E-state index in [1.807, 2.05) is 29.0 Å². The molecule has 2 aromatic heterocycles. The van der Waals surface area contributed by atoms with E-state index in [0.29, 0.717) is 11.7 Å². The fourth-order valence-corrected chi connectivity index (χ4v) is 4.43. The number of aryl methyl sites for hydroxylation is 2. The molecule has 1 saturated heterocycles. The van der Waals surface area contributed by atoms with Crippen LogP contribution in [-0.4, -0.2) is 57.2 Å². The maximum atomic E-state index is 11.9. The number of rotatable bonds is 6. The van der Waals surface area contributed by atoms with Gasteiger partial charge in [-0.2, -0.15) is 4.98 Å². The highest BCUT2D eigenvalue weighted by Gasteiger charge is 2.26. The molecule has 7 nitrogen and oxygen atoms in total. The van der Waals surface area contributed by atoms with Crippen molar-refractivity contribution in [2.24, 2.45) is 0 Å². The molecule has 154 valence electrons. The van der Waals surface area contributed by atoms with Gasteiger partial charge < -0.3 is 9.09 Å². The molecular formula is C21H27N5O2S. The Morgan fingerprint density at radius 1 is 1.10 bits per heavy atom. The van der Waals surface area contributed by atoms with Crippen LogP contribution in [0.15, 0.2) is 39.0 Å². The summed E-state index contributed by atoms with van der Waals surface area (Å²) in [6.45, 7) is 11.7. The van der Waals surface area contributed by atoms with Gasteiger partial charge in [0.15, 0.2) is 0 Å². The second-order valence-corrected chi connectivity index (χ2v) is 8.49. The summed E-state index contributed by atoms with van der Waals surface area (Å²) in [6, 6.07) is 8.24. The van der Waals surface area contributed by atoms with Gasteiger partial charge in [0, 0.05) is 55.9 Å². The Bertz CT molecular complexity index is 999. The first-order valence-corrected chi connectivity index (χ1v) is 10.9. The van der Waals surface area contributed by atoms with Gasteiger partial charge in [0.25, 0.3) is 0 Å². The fourth-order valence-electron chi connectivity index (χ4n) is 3.67. The van der Waals surface area contributed by atoms with Crippen LogP contribution in [0, 0.1) is 13.8 Å². The van der Waals surface area contributed by atoms with Crippen LogP contribution in [0.2, 0.25) is 0 Å². The molecule has 1 aliphatic rings. The summed E-state index contributed by atoms with van der Waals surface area (Å²) in [4.78, 5) is 21.4. The highest BCUT2D eigenvalue weighted by molar-refractivity contribution is 7.07. The molecule has 3 aromatic rings. The quantitative estimate of drug-likeness (QED) is 0.619. The van der Waals surface area contributed by atoms with E-state index < -0.39 is 0 Å². The zero-order valence-corrected chi connectivity index (χ0v) is 18.0. The van der Waals surface area contributed by atoms with Crippen LogP contribution in [0.25, 0.3) is 11.4 Å². The van der Waals surface area contributed by atoms with E-state index in [0.717, 1.165) is 50.5 Å². The molecule has 1 aliphatic heterocycles. The molecule has 8 heteroatoms. The molecule has 1 unspecified atom stereocenters. The zero-order chi connectivity index (χ0) is 20.4. The van der Waals surface area contributed by atoms with E-state index in [2.05, 4.69) is 45.9 Å². The Morgan fingerprint density at radius 3 is 2.48 bits per heavy atom. The molecule has 3 heterocycles. The molecule has 4 rings (SSSR count). The average molecular weight is 414 g/mol. The first-order valence-electron chi connectivity index (χ1n) is 10.0. The minimum atomic E-state index is 0.0885. The Kier molecular flexibility index (Phi) is 5.94. The normalized spacial score (nSPS) is 16.9. The Hall–Kier alpha value is -2.29. The third-order valence-electron chi connectivity index (χ3n) is 5.68. The lowest BCUT2D eigenvalue weighted by atomic mass is 10.1. The van der Waals surface area contributed by atoms with Crippen molar-refractivity contribution in [1.29, 1.82) is 0 Å². The predicted octanol–water partition coefficient (Wildman–Crippen LogP) is 2.96. The van der Waals surface area contributed by atoms with Crippen molar-refractivity contribution in [2.75, 3.05) is 32.7 Å². The summed E-state index contributed by atoms with van der Waals surface area (Å²) in [6.07, 6.45) is 0. The highest BCUT2D eigenvalue weighted by Crippen LogP contribution is 2.23. The number of hydrogen-bond acceptors (Lipinski definition) is 7. The zero-order valence-electron chi connectivity index (χ0n) is 17.2. The summed E-state index contributed by atoms with van der Waals surface area (Å²) in [5.74, 6) is 1.30. The fraction of sp³-hybridized carbons (Fsp3) is 0.476. The number of piperazine rings is 1. The van der Waals surface area contributed by atoms with Gasteiger partial charge in [-0.05, 0) is 20.8 Å². The van der Waals surface area contributed by atoms with Crippen molar-refractivity contribution >= 4 is 11.3 Å². The van der Waals surface area contributed by atoms with Crippen molar-refractivity contribution in [1.82, 2.24) is 24.5 Å². The van der Waals surface area contributed by atoms with E-state index >= 15 is 0 Å². The van der Waals surface area contributed by atoms with E-state index in [1.165, 1.54) is 16.9 Å². The topological polar surface area (TPSA) is 67.4 Å². The van der Waals surface area contributed by atoms with Crippen molar-refractivity contribution in [3.63, 3.8) is 0 Å². The van der Waals surface area contributed by atoms with E-state index in [4.69, 9.17) is 4.52 Å². The number of aromatic nitrogens is 3. The molecule has 0 N–H and O–H groups in total. The minimum absolute atomic E-state index is 0.0885. The van der Waals surface area contributed by atoms with Gasteiger partial charge >= 0.3 is 4.87 Å². The smallest absolute Gasteiger partial charge is 0.307 e. The summed E-state index contributed by atoms with van der Waals surface area (Å²) >= 11 is 1.28. The van der Waals surface area contributed by atoms with Crippen LogP contribution in [0.3, 0.4) is 0 Å².